The van der Waals surface area contributed by atoms with Crippen LogP contribution < -0.4 is 4.90 Å². The van der Waals surface area contributed by atoms with Gasteiger partial charge in [0, 0.05) is 24.4 Å². The Morgan fingerprint density at radius 2 is 1.94 bits per heavy atom. The highest BCUT2D eigenvalue weighted by atomic mass is 79.9. The normalized spacial score (nSPS) is 18.4. The molecule has 1 aromatic carbocycles. The van der Waals surface area contributed by atoms with Gasteiger partial charge in [0.25, 0.3) is 0 Å². The summed E-state index contributed by atoms with van der Waals surface area (Å²) >= 11 is 9.35. The fourth-order valence-corrected chi connectivity index (χ4v) is 2.23. The molecule has 0 amide bonds. The quantitative estimate of drug-likeness (QED) is 0.802. The van der Waals surface area contributed by atoms with Crippen LogP contribution in [0.25, 0.3) is 0 Å². The van der Waals surface area contributed by atoms with Gasteiger partial charge in [-0.3, -0.25) is 0 Å². The van der Waals surface area contributed by atoms with Crippen LogP contribution in [-0.4, -0.2) is 33.1 Å². The van der Waals surface area contributed by atoms with E-state index in [1.54, 1.807) is 14.2 Å². The van der Waals surface area contributed by atoms with Gasteiger partial charge in [0.05, 0.1) is 18.1 Å². The van der Waals surface area contributed by atoms with Crippen LogP contribution >= 0.6 is 27.5 Å². The maximum absolute atomic E-state index is 5.94. The fourth-order valence-electron chi connectivity index (χ4n) is 1.74. The Labute approximate surface area is 108 Å². The van der Waals surface area contributed by atoms with Gasteiger partial charge in [-0.1, -0.05) is 11.6 Å². The van der Waals surface area contributed by atoms with Crippen molar-refractivity contribution < 1.29 is 9.47 Å². The Hall–Kier alpha value is -0.290. The number of methoxy groups -OCH3 is 2. The minimum atomic E-state index is -0.452. The number of anilines is 1. The third-order valence-corrected chi connectivity index (χ3v) is 4.09. The van der Waals surface area contributed by atoms with Crippen molar-refractivity contribution in [2.75, 3.05) is 32.2 Å². The summed E-state index contributed by atoms with van der Waals surface area (Å²) in [7, 11) is 3.33. The molecule has 0 N–H and O–H groups in total. The van der Waals surface area contributed by atoms with E-state index in [4.69, 9.17) is 21.1 Å². The highest BCUT2D eigenvalue weighted by molar-refractivity contribution is 9.10. The van der Waals surface area contributed by atoms with Crippen molar-refractivity contribution in [2.24, 2.45) is 0 Å². The summed E-state index contributed by atoms with van der Waals surface area (Å²) in [6.45, 7) is 1.46. The van der Waals surface area contributed by atoms with Crippen LogP contribution in [0.15, 0.2) is 22.7 Å². The second-order valence-corrected chi connectivity index (χ2v) is 5.03. The van der Waals surface area contributed by atoms with Crippen LogP contribution in [0.4, 0.5) is 5.69 Å². The van der Waals surface area contributed by atoms with Gasteiger partial charge in [0.1, 0.15) is 0 Å². The van der Waals surface area contributed by atoms with Gasteiger partial charge in [0.2, 0.25) is 5.79 Å². The van der Waals surface area contributed by atoms with Crippen molar-refractivity contribution in [3.8, 4) is 0 Å². The number of hydrogen-bond acceptors (Lipinski definition) is 3. The number of rotatable bonds is 3. The molecule has 2 rings (SSSR count). The zero-order valence-electron chi connectivity index (χ0n) is 9.17. The van der Waals surface area contributed by atoms with Gasteiger partial charge in [-0.2, -0.15) is 0 Å². The Bertz CT molecular complexity index is 388. The summed E-state index contributed by atoms with van der Waals surface area (Å²) < 4.78 is 11.6. The molecule has 5 heteroatoms. The maximum atomic E-state index is 5.94. The number of hydrogen-bond donors (Lipinski definition) is 0. The van der Waals surface area contributed by atoms with Crippen LogP contribution in [-0.2, 0) is 9.47 Å². The minimum Gasteiger partial charge on any atom is -0.361 e. The van der Waals surface area contributed by atoms with E-state index in [0.717, 1.165) is 23.2 Å². The molecule has 16 heavy (non-hydrogen) atoms. The van der Waals surface area contributed by atoms with Crippen molar-refractivity contribution in [1.29, 1.82) is 0 Å². The van der Waals surface area contributed by atoms with E-state index in [-0.39, 0.29) is 0 Å². The monoisotopic (exact) mass is 305 g/mol. The number of ether oxygens (including phenoxy) is 2. The van der Waals surface area contributed by atoms with E-state index >= 15 is 0 Å². The lowest BCUT2D eigenvalue weighted by atomic mass is 10.1. The summed E-state index contributed by atoms with van der Waals surface area (Å²) in [5.41, 5.74) is 1.11. The van der Waals surface area contributed by atoms with Crippen LogP contribution in [0.3, 0.4) is 0 Å². The maximum Gasteiger partial charge on any atom is 0.203 e. The van der Waals surface area contributed by atoms with Gasteiger partial charge in [-0.05, 0) is 34.1 Å². The molecule has 0 saturated carbocycles. The highest BCUT2D eigenvalue weighted by Crippen LogP contribution is 2.34. The smallest absolute Gasteiger partial charge is 0.203 e. The first-order chi connectivity index (χ1) is 7.60. The summed E-state index contributed by atoms with van der Waals surface area (Å²) in [6.07, 6.45) is 0. The SMILES string of the molecule is COC1(OC)CN(c2ccc(Cl)c(Br)c2)C1. The van der Waals surface area contributed by atoms with E-state index in [1.807, 2.05) is 18.2 Å². The third-order valence-electron chi connectivity index (χ3n) is 2.88. The molecular formula is C11H13BrClNO2. The summed E-state index contributed by atoms with van der Waals surface area (Å²) in [6, 6.07) is 5.86. The second-order valence-electron chi connectivity index (χ2n) is 3.77. The molecule has 0 atom stereocenters. The zero-order valence-corrected chi connectivity index (χ0v) is 11.5. The largest absolute Gasteiger partial charge is 0.361 e. The molecular weight excluding hydrogens is 293 g/mol. The molecule has 1 aliphatic heterocycles. The van der Waals surface area contributed by atoms with Crippen molar-refractivity contribution in [1.82, 2.24) is 0 Å². The summed E-state index contributed by atoms with van der Waals surface area (Å²) in [4.78, 5) is 2.17. The minimum absolute atomic E-state index is 0.452. The third kappa shape index (κ3) is 2.07. The molecule has 1 fully saturated rings. The first kappa shape index (κ1) is 12.2. The van der Waals surface area contributed by atoms with Gasteiger partial charge in [-0.25, -0.2) is 0 Å². The van der Waals surface area contributed by atoms with E-state index in [1.165, 1.54) is 0 Å². The molecule has 0 radical (unpaired) electrons. The molecule has 0 spiro atoms. The standard InChI is InChI=1S/C11H13BrClNO2/c1-15-11(16-2)6-14(7-11)8-3-4-10(13)9(12)5-8/h3-5H,6-7H2,1-2H3. The molecule has 0 unspecified atom stereocenters. The lowest BCUT2D eigenvalue weighted by Gasteiger charge is -2.48. The Morgan fingerprint density at radius 1 is 1.31 bits per heavy atom. The van der Waals surface area contributed by atoms with E-state index in [9.17, 15) is 0 Å². The van der Waals surface area contributed by atoms with Gasteiger partial charge in [-0.15, -0.1) is 0 Å². The topological polar surface area (TPSA) is 21.7 Å². The Kier molecular flexibility index (Phi) is 3.45. The average Bonchev–Trinajstić information content (AvgIpc) is 2.23. The lowest BCUT2D eigenvalue weighted by molar-refractivity contribution is -0.219. The van der Waals surface area contributed by atoms with Crippen molar-refractivity contribution >= 4 is 33.2 Å². The van der Waals surface area contributed by atoms with E-state index in [0.29, 0.717) is 5.02 Å². The van der Waals surface area contributed by atoms with E-state index in [2.05, 4.69) is 20.8 Å². The van der Waals surface area contributed by atoms with Crippen LogP contribution in [0.5, 0.6) is 0 Å². The zero-order chi connectivity index (χ0) is 11.8. The molecule has 1 saturated heterocycles. The fraction of sp³-hybridized carbons (Fsp3) is 0.455. The van der Waals surface area contributed by atoms with Crippen LogP contribution in [0, 0.1) is 0 Å². The van der Waals surface area contributed by atoms with Crippen LogP contribution in [0.2, 0.25) is 5.02 Å². The molecule has 88 valence electrons. The average molecular weight is 307 g/mol. The first-order valence-electron chi connectivity index (χ1n) is 4.90. The molecule has 1 heterocycles. The number of benzene rings is 1. The predicted octanol–water partition coefficient (Wildman–Crippen LogP) is 2.91. The van der Waals surface area contributed by atoms with Gasteiger partial charge >= 0.3 is 0 Å². The highest BCUT2D eigenvalue weighted by Gasteiger charge is 2.43. The molecule has 3 nitrogen and oxygen atoms in total. The lowest BCUT2D eigenvalue weighted by Crippen LogP contribution is -2.64. The summed E-state index contributed by atoms with van der Waals surface area (Å²) in [5, 5.41) is 0.717. The Balaban J connectivity index is 2.09. The predicted molar refractivity (Wildman–Crippen MR) is 68.1 cm³/mol. The Morgan fingerprint density at radius 3 is 2.44 bits per heavy atom. The molecule has 0 bridgehead atoms. The van der Waals surface area contributed by atoms with Crippen molar-refractivity contribution in [3.63, 3.8) is 0 Å². The second kappa shape index (κ2) is 4.53. The van der Waals surface area contributed by atoms with Gasteiger partial charge < -0.3 is 14.4 Å². The number of halogens is 2. The summed E-state index contributed by atoms with van der Waals surface area (Å²) in [5.74, 6) is -0.452. The molecule has 0 aliphatic carbocycles. The van der Waals surface area contributed by atoms with Crippen molar-refractivity contribution in [3.05, 3.63) is 27.7 Å². The molecule has 0 aromatic heterocycles. The van der Waals surface area contributed by atoms with Gasteiger partial charge in [0.15, 0.2) is 0 Å². The molecule has 1 aromatic rings. The van der Waals surface area contributed by atoms with Crippen LogP contribution in [0.1, 0.15) is 0 Å². The number of nitrogens with zero attached hydrogens (tertiary/aromatic N) is 1. The first-order valence-corrected chi connectivity index (χ1v) is 6.07. The van der Waals surface area contributed by atoms with E-state index < -0.39 is 5.79 Å². The molecule has 1 aliphatic rings. The van der Waals surface area contributed by atoms with Crippen molar-refractivity contribution in [2.45, 2.75) is 5.79 Å².